The molecule has 3 rings (SSSR count). The molecule has 3 aromatic carbocycles. The molecular formula is C23H21NO4. The van der Waals surface area contributed by atoms with E-state index in [0.29, 0.717) is 11.4 Å². The quantitative estimate of drug-likeness (QED) is 0.511. The van der Waals surface area contributed by atoms with Gasteiger partial charge in [0, 0.05) is 11.8 Å². The van der Waals surface area contributed by atoms with Gasteiger partial charge in [0.05, 0.1) is 7.11 Å². The number of methoxy groups -OCH3 is 1. The van der Waals surface area contributed by atoms with Crippen molar-refractivity contribution in [3.05, 3.63) is 78.4 Å². The van der Waals surface area contributed by atoms with Crippen LogP contribution in [0.15, 0.2) is 72.8 Å². The highest BCUT2D eigenvalue weighted by Gasteiger charge is 2.16. The summed E-state index contributed by atoms with van der Waals surface area (Å²) in [5.74, 6) is -0.291. The summed E-state index contributed by atoms with van der Waals surface area (Å²) in [6.07, 6.45) is 1.97. The zero-order valence-electron chi connectivity index (χ0n) is 15.7. The molecule has 0 bridgehead atoms. The topological polar surface area (TPSA) is 64.6 Å². The Morgan fingerprint density at radius 2 is 1.75 bits per heavy atom. The first-order valence-corrected chi connectivity index (χ1v) is 8.87. The summed E-state index contributed by atoms with van der Waals surface area (Å²) in [6, 6.07) is 20.8. The predicted molar refractivity (Wildman–Crippen MR) is 110 cm³/mol. The second kappa shape index (κ2) is 8.86. The number of benzene rings is 3. The zero-order chi connectivity index (χ0) is 19.9. The van der Waals surface area contributed by atoms with Crippen molar-refractivity contribution in [3.8, 4) is 5.75 Å². The molecule has 0 fully saturated rings. The van der Waals surface area contributed by atoms with Crippen LogP contribution in [-0.2, 0) is 14.3 Å². The van der Waals surface area contributed by atoms with Gasteiger partial charge < -0.3 is 14.8 Å². The Kier molecular flexibility index (Phi) is 6.07. The Morgan fingerprint density at radius 3 is 2.54 bits per heavy atom. The molecule has 0 saturated heterocycles. The van der Waals surface area contributed by atoms with Crippen LogP contribution in [0.3, 0.4) is 0 Å². The Bertz CT molecular complexity index is 1030. The lowest BCUT2D eigenvalue weighted by molar-refractivity contribution is -0.148. The van der Waals surface area contributed by atoms with Gasteiger partial charge in [-0.25, -0.2) is 4.79 Å². The van der Waals surface area contributed by atoms with Crippen LogP contribution in [0.25, 0.3) is 16.8 Å². The van der Waals surface area contributed by atoms with Crippen molar-refractivity contribution in [1.29, 1.82) is 0 Å². The number of anilines is 1. The molecule has 28 heavy (non-hydrogen) atoms. The minimum atomic E-state index is -0.922. The third-order valence-corrected chi connectivity index (χ3v) is 4.18. The van der Waals surface area contributed by atoms with Gasteiger partial charge in [0.1, 0.15) is 5.75 Å². The van der Waals surface area contributed by atoms with Crippen LogP contribution in [0, 0.1) is 0 Å². The van der Waals surface area contributed by atoms with Crippen LogP contribution in [0.5, 0.6) is 5.75 Å². The van der Waals surface area contributed by atoms with Crippen molar-refractivity contribution in [3.63, 3.8) is 0 Å². The van der Waals surface area contributed by atoms with Crippen LogP contribution in [0.1, 0.15) is 12.5 Å². The first kappa shape index (κ1) is 19.2. The van der Waals surface area contributed by atoms with Gasteiger partial charge in [0.2, 0.25) is 0 Å². The Morgan fingerprint density at radius 1 is 0.964 bits per heavy atom. The van der Waals surface area contributed by atoms with Crippen LogP contribution < -0.4 is 10.1 Å². The van der Waals surface area contributed by atoms with E-state index in [1.807, 2.05) is 60.7 Å². The molecule has 142 valence electrons. The lowest BCUT2D eigenvalue weighted by Crippen LogP contribution is -2.29. The van der Waals surface area contributed by atoms with Crippen molar-refractivity contribution >= 4 is 34.4 Å². The van der Waals surface area contributed by atoms with Gasteiger partial charge in [-0.2, -0.15) is 0 Å². The van der Waals surface area contributed by atoms with Gasteiger partial charge in [-0.05, 0) is 53.6 Å². The summed E-state index contributed by atoms with van der Waals surface area (Å²) in [5.41, 5.74) is 1.45. The average molecular weight is 375 g/mol. The highest BCUT2D eigenvalue weighted by atomic mass is 16.5. The first-order valence-electron chi connectivity index (χ1n) is 8.87. The maximum absolute atomic E-state index is 12.3. The molecule has 0 spiro atoms. The molecule has 0 radical (unpaired) electrons. The van der Waals surface area contributed by atoms with E-state index in [0.717, 1.165) is 16.3 Å². The van der Waals surface area contributed by atoms with Crippen LogP contribution >= 0.6 is 0 Å². The molecule has 0 aromatic heterocycles. The number of hydrogen-bond acceptors (Lipinski definition) is 4. The van der Waals surface area contributed by atoms with Gasteiger partial charge in [0.25, 0.3) is 5.91 Å². The molecule has 0 aliphatic carbocycles. The van der Waals surface area contributed by atoms with Gasteiger partial charge in [-0.3, -0.25) is 4.79 Å². The predicted octanol–water partition coefficient (Wildman–Crippen LogP) is 4.43. The maximum atomic E-state index is 12.3. The number of fused-ring (bicyclic) bond motifs is 1. The molecule has 1 N–H and O–H groups in total. The smallest absolute Gasteiger partial charge is 0.331 e. The number of carbonyl (C=O) groups is 2. The van der Waals surface area contributed by atoms with E-state index in [1.165, 1.54) is 13.0 Å². The third-order valence-electron chi connectivity index (χ3n) is 4.18. The fraction of sp³-hybridized carbons (Fsp3) is 0.130. The number of ether oxygens (including phenoxy) is 2. The molecule has 1 atom stereocenters. The largest absolute Gasteiger partial charge is 0.497 e. The molecule has 0 heterocycles. The molecule has 5 heteroatoms. The third kappa shape index (κ3) is 4.98. The van der Waals surface area contributed by atoms with Crippen LogP contribution in [0.2, 0.25) is 0 Å². The van der Waals surface area contributed by atoms with E-state index in [9.17, 15) is 9.59 Å². The van der Waals surface area contributed by atoms with E-state index in [-0.39, 0.29) is 0 Å². The number of nitrogens with one attached hydrogen (secondary N) is 1. The number of hydrogen-bond donors (Lipinski definition) is 1. The molecule has 1 amide bonds. The van der Waals surface area contributed by atoms with Crippen molar-refractivity contribution in [2.45, 2.75) is 13.0 Å². The highest BCUT2D eigenvalue weighted by Crippen LogP contribution is 2.19. The van der Waals surface area contributed by atoms with E-state index >= 15 is 0 Å². The maximum Gasteiger partial charge on any atom is 0.331 e. The Balaban J connectivity index is 1.58. The van der Waals surface area contributed by atoms with Gasteiger partial charge in [-0.1, -0.05) is 42.5 Å². The lowest BCUT2D eigenvalue weighted by atomic mass is 10.1. The number of esters is 1. The summed E-state index contributed by atoms with van der Waals surface area (Å²) in [6.45, 7) is 1.54. The normalized spacial score (nSPS) is 11.9. The van der Waals surface area contributed by atoms with Gasteiger partial charge in [-0.15, -0.1) is 0 Å². The van der Waals surface area contributed by atoms with E-state index in [1.54, 1.807) is 19.3 Å². The van der Waals surface area contributed by atoms with Crippen molar-refractivity contribution in [2.75, 3.05) is 12.4 Å². The van der Waals surface area contributed by atoms with Gasteiger partial charge in [0.15, 0.2) is 6.10 Å². The van der Waals surface area contributed by atoms with E-state index in [2.05, 4.69) is 5.32 Å². The number of carbonyl (C=O) groups excluding carboxylic acids is 2. The monoisotopic (exact) mass is 375 g/mol. The summed E-state index contributed by atoms with van der Waals surface area (Å²) >= 11 is 0. The summed E-state index contributed by atoms with van der Waals surface area (Å²) in [7, 11) is 1.58. The standard InChI is InChI=1S/C23H21NO4/c1-16(28-22(25)13-10-17-6-5-9-21(14-17)27-2)23(26)24-20-12-11-18-7-3-4-8-19(18)15-20/h3-16H,1-2H3,(H,24,26)/b13-10+/t16-/m1/s1. The summed E-state index contributed by atoms with van der Waals surface area (Å²) in [4.78, 5) is 24.3. The molecule has 0 aliphatic rings. The SMILES string of the molecule is COc1cccc(/C=C/C(=O)O[C@H](C)C(=O)Nc2ccc3ccccc3c2)c1. The molecule has 0 aliphatic heterocycles. The lowest BCUT2D eigenvalue weighted by Gasteiger charge is -2.13. The molecule has 3 aromatic rings. The van der Waals surface area contributed by atoms with Crippen LogP contribution in [-0.4, -0.2) is 25.1 Å². The molecule has 0 unspecified atom stereocenters. The molecule has 0 saturated carbocycles. The molecule has 5 nitrogen and oxygen atoms in total. The molecular weight excluding hydrogens is 354 g/mol. The number of amides is 1. The fourth-order valence-electron chi connectivity index (χ4n) is 2.69. The van der Waals surface area contributed by atoms with Gasteiger partial charge >= 0.3 is 5.97 Å². The van der Waals surface area contributed by atoms with E-state index in [4.69, 9.17) is 9.47 Å². The minimum absolute atomic E-state index is 0.390. The van der Waals surface area contributed by atoms with Crippen LogP contribution in [0.4, 0.5) is 5.69 Å². The average Bonchev–Trinajstić information content (AvgIpc) is 2.72. The first-order chi connectivity index (χ1) is 13.5. The second-order valence-corrected chi connectivity index (χ2v) is 6.24. The minimum Gasteiger partial charge on any atom is -0.497 e. The highest BCUT2D eigenvalue weighted by molar-refractivity contribution is 5.98. The van der Waals surface area contributed by atoms with Crippen molar-refractivity contribution in [2.24, 2.45) is 0 Å². The van der Waals surface area contributed by atoms with Crippen molar-refractivity contribution in [1.82, 2.24) is 0 Å². The Labute approximate surface area is 163 Å². The fourth-order valence-corrected chi connectivity index (χ4v) is 2.69. The van der Waals surface area contributed by atoms with Crippen molar-refractivity contribution < 1.29 is 19.1 Å². The second-order valence-electron chi connectivity index (χ2n) is 6.24. The number of rotatable bonds is 6. The summed E-state index contributed by atoms with van der Waals surface area (Å²) in [5, 5.41) is 4.88. The summed E-state index contributed by atoms with van der Waals surface area (Å²) < 4.78 is 10.3. The zero-order valence-corrected chi connectivity index (χ0v) is 15.7. The Hall–Kier alpha value is -3.60. The van der Waals surface area contributed by atoms with E-state index < -0.39 is 18.0 Å².